The predicted molar refractivity (Wildman–Crippen MR) is 70.8 cm³/mol. The number of nitrogens with one attached hydrogen (secondary N) is 2. The molecule has 0 saturated carbocycles. The first-order chi connectivity index (χ1) is 9.28. The summed E-state index contributed by atoms with van der Waals surface area (Å²) in [6, 6.07) is 0.645. The number of rotatable bonds is 4. The molecule has 3 fully saturated rings. The number of hydrogen-bond acceptors (Lipinski definition) is 8. The topological polar surface area (TPSA) is 101 Å². The molecule has 8 heteroatoms. The molecule has 104 valence electrons. The first kappa shape index (κ1) is 12.4. The molecule has 8 nitrogen and oxygen atoms in total. The minimum absolute atomic E-state index is 0.256. The van der Waals surface area contributed by atoms with Gasteiger partial charge in [0.2, 0.25) is 11.9 Å². The maximum atomic E-state index is 5.34. The van der Waals surface area contributed by atoms with Gasteiger partial charge in [0, 0.05) is 12.6 Å². The lowest BCUT2D eigenvalue weighted by atomic mass is 9.84. The maximum Gasteiger partial charge on any atom is 0.322 e. The van der Waals surface area contributed by atoms with E-state index in [1.807, 2.05) is 0 Å². The van der Waals surface area contributed by atoms with E-state index in [-0.39, 0.29) is 6.01 Å². The molecule has 3 aliphatic rings. The molecule has 4 rings (SSSR count). The average Bonchev–Trinajstić information content (AvgIpc) is 2.48. The fraction of sp³-hybridized carbons (Fsp3) is 0.727. The molecule has 1 unspecified atom stereocenters. The largest absolute Gasteiger partial charge is 0.467 e. The van der Waals surface area contributed by atoms with Crippen LogP contribution in [0.5, 0.6) is 6.01 Å². The number of fused-ring (bicyclic) bond motifs is 3. The fourth-order valence-electron chi connectivity index (χ4n) is 2.87. The van der Waals surface area contributed by atoms with E-state index in [2.05, 4.69) is 30.6 Å². The number of hydrazine groups is 1. The quantitative estimate of drug-likeness (QED) is 0.502. The molecule has 2 bridgehead atoms. The molecular formula is C11H19N7O. The number of nitrogen functional groups attached to an aromatic ring is 1. The molecule has 1 atom stereocenters. The lowest BCUT2D eigenvalue weighted by Crippen LogP contribution is -2.53. The van der Waals surface area contributed by atoms with Crippen LogP contribution in [0, 0.1) is 5.92 Å². The van der Waals surface area contributed by atoms with E-state index in [1.54, 1.807) is 0 Å². The average molecular weight is 265 g/mol. The van der Waals surface area contributed by atoms with Crippen LogP contribution in [0.25, 0.3) is 0 Å². The summed E-state index contributed by atoms with van der Waals surface area (Å²) in [6.45, 7) is 3.46. The molecular weight excluding hydrogens is 246 g/mol. The number of hydrogen-bond donors (Lipinski definition) is 3. The van der Waals surface area contributed by atoms with Gasteiger partial charge in [0.25, 0.3) is 0 Å². The van der Waals surface area contributed by atoms with Crippen molar-refractivity contribution in [1.82, 2.24) is 19.9 Å². The Hall–Kier alpha value is -1.67. The van der Waals surface area contributed by atoms with Crippen molar-refractivity contribution in [3.63, 3.8) is 0 Å². The number of piperidine rings is 3. The van der Waals surface area contributed by atoms with Crippen molar-refractivity contribution in [3.8, 4) is 6.01 Å². The molecule has 0 spiro atoms. The zero-order chi connectivity index (χ0) is 13.2. The minimum atomic E-state index is 0.256. The molecule has 0 radical (unpaired) electrons. The van der Waals surface area contributed by atoms with Crippen molar-refractivity contribution >= 4 is 11.9 Å². The lowest BCUT2D eigenvalue weighted by molar-refractivity contribution is 0.0972. The van der Waals surface area contributed by atoms with Gasteiger partial charge < -0.3 is 15.0 Å². The van der Waals surface area contributed by atoms with Crippen LogP contribution in [-0.2, 0) is 0 Å². The highest BCUT2D eigenvalue weighted by atomic mass is 16.5. The van der Waals surface area contributed by atoms with Gasteiger partial charge in [-0.2, -0.15) is 15.0 Å². The molecule has 0 amide bonds. The molecule has 3 aliphatic heterocycles. The van der Waals surface area contributed by atoms with E-state index in [0.29, 0.717) is 23.9 Å². The number of aromatic nitrogens is 3. The van der Waals surface area contributed by atoms with Crippen molar-refractivity contribution in [2.45, 2.75) is 18.9 Å². The normalized spacial score (nSPS) is 29.1. The van der Waals surface area contributed by atoms with Crippen LogP contribution in [0.4, 0.5) is 11.9 Å². The van der Waals surface area contributed by atoms with E-state index in [4.69, 9.17) is 10.6 Å². The zero-order valence-electron chi connectivity index (χ0n) is 11.0. The smallest absolute Gasteiger partial charge is 0.322 e. The SMILES string of the molecule is COc1nc(NN)nc(NC2CN3CCC2CC3)n1. The molecule has 1 aromatic heterocycles. The Morgan fingerprint density at radius 1 is 1.21 bits per heavy atom. The highest BCUT2D eigenvalue weighted by Crippen LogP contribution is 2.29. The summed E-state index contributed by atoms with van der Waals surface area (Å²) in [7, 11) is 1.52. The summed E-state index contributed by atoms with van der Waals surface area (Å²) in [5, 5.41) is 3.38. The molecule has 3 saturated heterocycles. The molecule has 0 aliphatic carbocycles. The van der Waals surface area contributed by atoms with Crippen molar-refractivity contribution in [2.75, 3.05) is 37.5 Å². The van der Waals surface area contributed by atoms with Crippen molar-refractivity contribution < 1.29 is 4.74 Å². The Bertz CT molecular complexity index is 424. The van der Waals surface area contributed by atoms with Crippen molar-refractivity contribution in [2.24, 2.45) is 11.8 Å². The Kier molecular flexibility index (Phi) is 3.34. The second-order valence-corrected chi connectivity index (χ2v) is 5.00. The van der Waals surface area contributed by atoms with Gasteiger partial charge in [-0.25, -0.2) is 5.84 Å². The third-order valence-electron chi connectivity index (χ3n) is 3.90. The molecule has 19 heavy (non-hydrogen) atoms. The predicted octanol–water partition coefficient (Wildman–Crippen LogP) is -0.328. The Morgan fingerprint density at radius 3 is 2.53 bits per heavy atom. The Morgan fingerprint density at radius 2 is 1.95 bits per heavy atom. The Balaban J connectivity index is 1.75. The highest BCUT2D eigenvalue weighted by Gasteiger charge is 2.34. The summed E-state index contributed by atoms with van der Waals surface area (Å²) < 4.78 is 5.04. The van der Waals surface area contributed by atoms with Crippen LogP contribution in [0.15, 0.2) is 0 Å². The maximum absolute atomic E-state index is 5.34. The van der Waals surface area contributed by atoms with Gasteiger partial charge in [-0.05, 0) is 31.8 Å². The van der Waals surface area contributed by atoms with E-state index in [9.17, 15) is 0 Å². The summed E-state index contributed by atoms with van der Waals surface area (Å²) in [4.78, 5) is 14.9. The molecule has 4 heterocycles. The first-order valence-electron chi connectivity index (χ1n) is 6.54. The van der Waals surface area contributed by atoms with Gasteiger partial charge in [-0.3, -0.25) is 5.43 Å². The van der Waals surface area contributed by atoms with Gasteiger partial charge >= 0.3 is 6.01 Å². The zero-order valence-corrected chi connectivity index (χ0v) is 11.0. The van der Waals surface area contributed by atoms with Crippen LogP contribution in [-0.4, -0.2) is 52.6 Å². The van der Waals surface area contributed by atoms with E-state index >= 15 is 0 Å². The van der Waals surface area contributed by atoms with Gasteiger partial charge in [0.1, 0.15) is 0 Å². The summed E-state index contributed by atoms with van der Waals surface area (Å²) >= 11 is 0. The van der Waals surface area contributed by atoms with Gasteiger partial charge in [0.05, 0.1) is 7.11 Å². The van der Waals surface area contributed by atoms with Crippen LogP contribution in [0.1, 0.15) is 12.8 Å². The molecule has 1 aromatic rings. The first-order valence-corrected chi connectivity index (χ1v) is 6.54. The number of anilines is 2. The standard InChI is InChI=1S/C11H19N7O/c1-19-11-15-9(14-10(16-11)17-12)13-8-6-18-4-2-7(8)3-5-18/h7-8H,2-6,12H2,1H3,(H2,13,14,15,16,17). The van der Waals surface area contributed by atoms with Gasteiger partial charge in [-0.1, -0.05) is 0 Å². The minimum Gasteiger partial charge on any atom is -0.467 e. The van der Waals surface area contributed by atoms with E-state index in [0.717, 1.165) is 6.54 Å². The number of nitrogens with two attached hydrogens (primary N) is 1. The lowest BCUT2D eigenvalue weighted by Gasteiger charge is -2.44. The highest BCUT2D eigenvalue weighted by molar-refractivity contribution is 5.36. The fourth-order valence-corrected chi connectivity index (χ4v) is 2.87. The molecule has 0 aromatic carbocycles. The third kappa shape index (κ3) is 2.54. The van der Waals surface area contributed by atoms with Crippen molar-refractivity contribution in [1.29, 1.82) is 0 Å². The van der Waals surface area contributed by atoms with E-state index < -0.39 is 0 Å². The monoisotopic (exact) mass is 265 g/mol. The van der Waals surface area contributed by atoms with Crippen LogP contribution in [0.2, 0.25) is 0 Å². The number of methoxy groups -OCH3 is 1. The van der Waals surface area contributed by atoms with Gasteiger partial charge in [-0.15, -0.1) is 0 Å². The second-order valence-electron chi connectivity index (χ2n) is 5.00. The van der Waals surface area contributed by atoms with Crippen LogP contribution < -0.4 is 21.3 Å². The van der Waals surface area contributed by atoms with Gasteiger partial charge in [0.15, 0.2) is 0 Å². The summed E-state index contributed by atoms with van der Waals surface area (Å²) in [5.41, 5.74) is 2.42. The number of ether oxygens (including phenoxy) is 1. The molecule has 4 N–H and O–H groups in total. The van der Waals surface area contributed by atoms with Crippen LogP contribution in [0.3, 0.4) is 0 Å². The van der Waals surface area contributed by atoms with E-state index in [1.165, 1.54) is 33.0 Å². The Labute approximate surface area is 111 Å². The summed E-state index contributed by atoms with van der Waals surface area (Å²) in [6.07, 6.45) is 2.48. The third-order valence-corrected chi connectivity index (χ3v) is 3.90. The second kappa shape index (κ2) is 5.14. The summed E-state index contributed by atoms with van der Waals surface area (Å²) in [5.74, 6) is 6.85. The van der Waals surface area contributed by atoms with Crippen LogP contribution >= 0.6 is 0 Å². The van der Waals surface area contributed by atoms with Crippen molar-refractivity contribution in [3.05, 3.63) is 0 Å². The number of nitrogens with zero attached hydrogens (tertiary/aromatic N) is 4.